The Morgan fingerprint density at radius 2 is 1.81 bits per heavy atom. The van der Waals surface area contributed by atoms with E-state index in [1.807, 2.05) is 18.2 Å². The van der Waals surface area contributed by atoms with Gasteiger partial charge in [0.05, 0.1) is 24.6 Å². The lowest BCUT2D eigenvalue weighted by Crippen LogP contribution is -2.05. The molecule has 0 aliphatic rings. The molecule has 0 unspecified atom stereocenters. The molecular weight excluding hydrogens is 410 g/mol. The van der Waals surface area contributed by atoms with Gasteiger partial charge < -0.3 is 19.9 Å². The Hall–Kier alpha value is -4.33. The number of carbonyl (C=O) groups is 2. The van der Waals surface area contributed by atoms with Crippen molar-refractivity contribution in [3.8, 4) is 11.5 Å². The van der Waals surface area contributed by atoms with Crippen LogP contribution < -0.4 is 20.2 Å². The van der Waals surface area contributed by atoms with Gasteiger partial charge >= 0.3 is 5.97 Å². The van der Waals surface area contributed by atoms with Gasteiger partial charge in [0.25, 0.3) is 0 Å². The van der Waals surface area contributed by atoms with Gasteiger partial charge in [0.2, 0.25) is 5.91 Å². The van der Waals surface area contributed by atoms with Crippen molar-refractivity contribution in [3.63, 3.8) is 0 Å². The third-order valence-electron chi connectivity index (χ3n) is 4.43. The SMILES string of the molecule is COc1ccc(/C=N\Nc2ccccc2C(=O)O)cc1COc1ccc(NC(C)=O)cc1. The molecule has 1 amide bonds. The van der Waals surface area contributed by atoms with Gasteiger partial charge in [0, 0.05) is 18.2 Å². The summed E-state index contributed by atoms with van der Waals surface area (Å²) in [4.78, 5) is 22.4. The monoisotopic (exact) mass is 433 g/mol. The summed E-state index contributed by atoms with van der Waals surface area (Å²) in [5.74, 6) is 0.147. The van der Waals surface area contributed by atoms with Crippen molar-refractivity contribution in [2.75, 3.05) is 17.9 Å². The van der Waals surface area contributed by atoms with Crippen LogP contribution in [0.15, 0.2) is 71.8 Å². The van der Waals surface area contributed by atoms with Crippen LogP contribution in [0.2, 0.25) is 0 Å². The molecule has 3 N–H and O–H groups in total. The maximum atomic E-state index is 11.3. The fourth-order valence-corrected chi connectivity index (χ4v) is 2.93. The summed E-state index contributed by atoms with van der Waals surface area (Å²) >= 11 is 0. The highest BCUT2D eigenvalue weighted by molar-refractivity contribution is 5.94. The zero-order chi connectivity index (χ0) is 22.9. The van der Waals surface area contributed by atoms with Crippen LogP contribution in [-0.2, 0) is 11.4 Å². The fourth-order valence-electron chi connectivity index (χ4n) is 2.93. The van der Waals surface area contributed by atoms with Gasteiger partial charge in [-0.25, -0.2) is 4.79 Å². The molecule has 0 bridgehead atoms. The molecule has 0 aliphatic heterocycles. The number of nitrogens with zero attached hydrogens (tertiary/aromatic N) is 1. The number of hydrogen-bond donors (Lipinski definition) is 3. The van der Waals surface area contributed by atoms with Gasteiger partial charge in [-0.15, -0.1) is 0 Å². The summed E-state index contributed by atoms with van der Waals surface area (Å²) in [5, 5.41) is 16.1. The first-order valence-electron chi connectivity index (χ1n) is 9.75. The first-order valence-corrected chi connectivity index (χ1v) is 9.75. The zero-order valence-corrected chi connectivity index (χ0v) is 17.7. The Kier molecular flexibility index (Phi) is 7.42. The number of hydrogen-bond acceptors (Lipinski definition) is 6. The van der Waals surface area contributed by atoms with Crippen molar-refractivity contribution in [2.24, 2.45) is 5.10 Å². The van der Waals surface area contributed by atoms with Crippen LogP contribution in [0.3, 0.4) is 0 Å². The highest BCUT2D eigenvalue weighted by Gasteiger charge is 2.08. The smallest absolute Gasteiger partial charge is 0.337 e. The number of ether oxygens (including phenoxy) is 2. The van der Waals surface area contributed by atoms with E-state index in [0.717, 1.165) is 11.1 Å². The molecule has 8 nitrogen and oxygen atoms in total. The second-order valence-corrected chi connectivity index (χ2v) is 6.79. The second-order valence-electron chi connectivity index (χ2n) is 6.79. The van der Waals surface area contributed by atoms with E-state index in [2.05, 4.69) is 15.8 Å². The van der Waals surface area contributed by atoms with Crippen LogP contribution in [0.4, 0.5) is 11.4 Å². The van der Waals surface area contributed by atoms with Crippen LogP contribution in [0.1, 0.15) is 28.4 Å². The fraction of sp³-hybridized carbons (Fsp3) is 0.125. The molecule has 8 heteroatoms. The Morgan fingerprint density at radius 3 is 2.50 bits per heavy atom. The van der Waals surface area contributed by atoms with Gasteiger partial charge in [-0.2, -0.15) is 5.10 Å². The minimum absolute atomic E-state index is 0.136. The zero-order valence-electron chi connectivity index (χ0n) is 17.7. The van der Waals surface area contributed by atoms with Crippen LogP contribution in [0, 0.1) is 0 Å². The average Bonchev–Trinajstić information content (AvgIpc) is 2.78. The molecule has 3 aromatic rings. The molecule has 3 aromatic carbocycles. The number of benzene rings is 3. The molecular formula is C24H23N3O5. The van der Waals surface area contributed by atoms with Gasteiger partial charge in [-0.3, -0.25) is 10.2 Å². The van der Waals surface area contributed by atoms with Crippen molar-refractivity contribution >= 4 is 29.5 Å². The predicted molar refractivity (Wildman–Crippen MR) is 123 cm³/mol. The Morgan fingerprint density at radius 1 is 1.06 bits per heavy atom. The summed E-state index contributed by atoms with van der Waals surface area (Å²) in [6.45, 7) is 1.72. The first kappa shape index (κ1) is 22.4. The number of nitrogens with one attached hydrogen (secondary N) is 2. The lowest BCUT2D eigenvalue weighted by Gasteiger charge is -2.12. The van der Waals surface area contributed by atoms with E-state index in [1.54, 1.807) is 55.8 Å². The molecule has 32 heavy (non-hydrogen) atoms. The molecule has 0 fully saturated rings. The molecule has 0 atom stereocenters. The lowest BCUT2D eigenvalue weighted by atomic mass is 10.1. The quantitative estimate of drug-likeness (QED) is 0.341. The molecule has 0 spiro atoms. The molecule has 164 valence electrons. The van der Waals surface area contributed by atoms with E-state index in [4.69, 9.17) is 9.47 Å². The van der Waals surface area contributed by atoms with Crippen molar-refractivity contribution in [1.29, 1.82) is 0 Å². The summed E-state index contributed by atoms with van der Waals surface area (Å²) in [5.41, 5.74) is 5.59. The standard InChI is InChI=1S/C24H23N3O5/c1-16(28)26-19-8-10-20(11-9-19)32-15-18-13-17(7-12-23(18)31-2)14-25-27-22-6-4-3-5-21(22)24(29)30/h3-14,27H,15H2,1-2H3,(H,26,28)(H,29,30)/b25-14-. The number of methoxy groups -OCH3 is 1. The Labute approximate surface area is 185 Å². The van der Waals surface area contributed by atoms with Crippen LogP contribution >= 0.6 is 0 Å². The first-order chi connectivity index (χ1) is 15.5. The van der Waals surface area contributed by atoms with Crippen molar-refractivity contribution in [2.45, 2.75) is 13.5 Å². The minimum Gasteiger partial charge on any atom is -0.496 e. The highest BCUT2D eigenvalue weighted by Crippen LogP contribution is 2.23. The second kappa shape index (κ2) is 10.6. The third kappa shape index (κ3) is 6.09. The minimum atomic E-state index is -1.03. The number of hydrazone groups is 1. The van der Waals surface area contributed by atoms with E-state index >= 15 is 0 Å². The van der Waals surface area contributed by atoms with E-state index in [-0.39, 0.29) is 18.1 Å². The van der Waals surface area contributed by atoms with Crippen molar-refractivity contribution < 1.29 is 24.2 Å². The molecule has 0 aliphatic carbocycles. The molecule has 0 aromatic heterocycles. The normalized spacial score (nSPS) is 10.6. The topological polar surface area (TPSA) is 109 Å². The predicted octanol–water partition coefficient (Wildman–Crippen LogP) is 4.38. The van der Waals surface area contributed by atoms with Crippen molar-refractivity contribution in [3.05, 3.63) is 83.4 Å². The maximum Gasteiger partial charge on any atom is 0.337 e. The van der Waals surface area contributed by atoms with Gasteiger partial charge in [-0.1, -0.05) is 12.1 Å². The molecule has 0 heterocycles. The molecule has 0 radical (unpaired) electrons. The van der Waals surface area contributed by atoms with E-state index < -0.39 is 5.97 Å². The van der Waals surface area contributed by atoms with Crippen molar-refractivity contribution in [1.82, 2.24) is 0 Å². The van der Waals surface area contributed by atoms with E-state index in [1.165, 1.54) is 13.0 Å². The van der Waals surface area contributed by atoms with E-state index in [0.29, 0.717) is 22.9 Å². The van der Waals surface area contributed by atoms with Gasteiger partial charge in [0.15, 0.2) is 0 Å². The number of carbonyl (C=O) groups excluding carboxylic acids is 1. The van der Waals surface area contributed by atoms with E-state index in [9.17, 15) is 14.7 Å². The third-order valence-corrected chi connectivity index (χ3v) is 4.43. The molecule has 0 saturated heterocycles. The maximum absolute atomic E-state index is 11.3. The summed E-state index contributed by atoms with van der Waals surface area (Å²) < 4.78 is 11.3. The number of rotatable bonds is 9. The number of carboxylic acids is 1. The Bertz CT molecular complexity index is 1130. The largest absolute Gasteiger partial charge is 0.496 e. The number of anilines is 2. The molecule has 3 rings (SSSR count). The number of amides is 1. The Balaban J connectivity index is 1.68. The molecule has 0 saturated carbocycles. The summed E-state index contributed by atoms with van der Waals surface area (Å²) in [6.07, 6.45) is 1.59. The van der Waals surface area contributed by atoms with Gasteiger partial charge in [0.1, 0.15) is 18.1 Å². The average molecular weight is 433 g/mol. The van der Waals surface area contributed by atoms with Crippen LogP contribution in [-0.4, -0.2) is 30.3 Å². The number of para-hydroxylation sites is 1. The lowest BCUT2D eigenvalue weighted by molar-refractivity contribution is -0.114. The number of aromatic carboxylic acids is 1. The van der Waals surface area contributed by atoms with Crippen LogP contribution in [0.5, 0.6) is 11.5 Å². The summed E-state index contributed by atoms with van der Waals surface area (Å²) in [7, 11) is 1.58. The summed E-state index contributed by atoms with van der Waals surface area (Å²) in [6, 6.07) is 19.1. The highest BCUT2D eigenvalue weighted by atomic mass is 16.5. The number of carboxylic acid groups (broad SMARTS) is 1. The van der Waals surface area contributed by atoms with Crippen LogP contribution in [0.25, 0.3) is 0 Å². The van der Waals surface area contributed by atoms with Gasteiger partial charge in [-0.05, 0) is 60.2 Å².